The summed E-state index contributed by atoms with van der Waals surface area (Å²) in [6.45, 7) is 2.65. The largest absolute Gasteiger partial charge is 0.366 e. The van der Waals surface area contributed by atoms with Gasteiger partial charge in [0.1, 0.15) is 12.0 Å². The summed E-state index contributed by atoms with van der Waals surface area (Å²) in [6, 6.07) is 3.08. The lowest BCUT2D eigenvalue weighted by Crippen LogP contribution is -2.23. The first-order valence-corrected chi connectivity index (χ1v) is 5.48. The molecule has 0 aliphatic carbocycles. The number of nitrogens with zero attached hydrogens (tertiary/aromatic N) is 2. The molecule has 2 N–H and O–H groups in total. The maximum absolute atomic E-state index is 10.4. The van der Waals surface area contributed by atoms with Crippen molar-refractivity contribution in [1.82, 2.24) is 10.3 Å². The van der Waals surface area contributed by atoms with Gasteiger partial charge in [0.15, 0.2) is 0 Å². The summed E-state index contributed by atoms with van der Waals surface area (Å²) in [6.07, 6.45) is 4.45. The molecule has 0 saturated carbocycles. The quantitative estimate of drug-likeness (QED) is 0.466. The fourth-order valence-corrected chi connectivity index (χ4v) is 1.63. The Kier molecular flexibility index (Phi) is 3.66. The minimum Gasteiger partial charge on any atom is -0.366 e. The van der Waals surface area contributed by atoms with Crippen molar-refractivity contribution in [2.75, 3.05) is 25.0 Å². The van der Waals surface area contributed by atoms with Crippen molar-refractivity contribution in [2.45, 2.75) is 6.42 Å². The van der Waals surface area contributed by atoms with Gasteiger partial charge in [-0.2, -0.15) is 0 Å². The van der Waals surface area contributed by atoms with Crippen LogP contribution in [0.25, 0.3) is 0 Å². The van der Waals surface area contributed by atoms with Crippen LogP contribution in [-0.4, -0.2) is 29.5 Å². The molecule has 6 heteroatoms. The lowest BCUT2D eigenvalue weighted by molar-refractivity contribution is -0.385. The van der Waals surface area contributed by atoms with Gasteiger partial charge >= 0.3 is 0 Å². The van der Waals surface area contributed by atoms with E-state index in [1.54, 1.807) is 6.07 Å². The molecule has 0 bridgehead atoms. The molecule has 0 fully saturated rings. The predicted octanol–water partition coefficient (Wildman–Crippen LogP) is 1.32. The molecule has 90 valence electrons. The van der Waals surface area contributed by atoms with E-state index in [1.807, 2.05) is 0 Å². The number of rotatable bonds is 4. The van der Waals surface area contributed by atoms with Crippen molar-refractivity contribution in [3.8, 4) is 0 Å². The van der Waals surface area contributed by atoms with Crippen molar-refractivity contribution in [2.24, 2.45) is 0 Å². The van der Waals surface area contributed by atoms with Gasteiger partial charge in [0, 0.05) is 19.2 Å². The SMILES string of the molecule is O=[N+]([O-])c1ccc(NCC2=CCNCC2)nc1. The first-order valence-electron chi connectivity index (χ1n) is 5.48. The molecule has 0 atom stereocenters. The van der Waals surface area contributed by atoms with E-state index in [-0.39, 0.29) is 5.69 Å². The molecule has 1 aliphatic rings. The average molecular weight is 234 g/mol. The van der Waals surface area contributed by atoms with E-state index < -0.39 is 4.92 Å². The summed E-state index contributed by atoms with van der Waals surface area (Å²) < 4.78 is 0. The zero-order valence-corrected chi connectivity index (χ0v) is 9.35. The Bertz CT molecular complexity index is 428. The van der Waals surface area contributed by atoms with Gasteiger partial charge in [0.05, 0.1) is 4.92 Å². The van der Waals surface area contributed by atoms with Gasteiger partial charge < -0.3 is 10.6 Å². The molecule has 0 aromatic carbocycles. The molecule has 0 radical (unpaired) electrons. The summed E-state index contributed by atoms with van der Waals surface area (Å²) in [5.74, 6) is 0.662. The molecule has 0 spiro atoms. The summed E-state index contributed by atoms with van der Waals surface area (Å²) in [7, 11) is 0. The highest BCUT2D eigenvalue weighted by Gasteiger charge is 2.06. The second-order valence-corrected chi connectivity index (χ2v) is 3.83. The highest BCUT2D eigenvalue weighted by atomic mass is 16.6. The van der Waals surface area contributed by atoms with Crippen LogP contribution in [0.4, 0.5) is 11.5 Å². The summed E-state index contributed by atoms with van der Waals surface area (Å²) in [5, 5.41) is 16.8. The fraction of sp³-hybridized carbons (Fsp3) is 0.364. The zero-order valence-electron chi connectivity index (χ0n) is 9.35. The number of nitrogens with one attached hydrogen (secondary N) is 2. The van der Waals surface area contributed by atoms with Crippen LogP contribution in [0, 0.1) is 10.1 Å². The fourth-order valence-electron chi connectivity index (χ4n) is 1.63. The number of hydrogen-bond donors (Lipinski definition) is 2. The molecular weight excluding hydrogens is 220 g/mol. The monoisotopic (exact) mass is 234 g/mol. The lowest BCUT2D eigenvalue weighted by atomic mass is 10.1. The van der Waals surface area contributed by atoms with Gasteiger partial charge in [-0.05, 0) is 19.0 Å². The third-order valence-corrected chi connectivity index (χ3v) is 2.61. The zero-order chi connectivity index (χ0) is 12.1. The van der Waals surface area contributed by atoms with E-state index in [0.29, 0.717) is 5.82 Å². The first kappa shape index (κ1) is 11.5. The van der Waals surface area contributed by atoms with Crippen LogP contribution in [0.15, 0.2) is 30.0 Å². The molecular formula is C11H14N4O2. The standard InChI is InChI=1S/C11H14N4O2/c16-15(17)10-1-2-11(14-8-10)13-7-9-3-5-12-6-4-9/h1-3,8,12H,4-7H2,(H,13,14). The van der Waals surface area contributed by atoms with Gasteiger partial charge in [-0.1, -0.05) is 11.6 Å². The van der Waals surface area contributed by atoms with Crippen LogP contribution in [0.2, 0.25) is 0 Å². The molecule has 1 aliphatic heterocycles. The maximum Gasteiger partial charge on any atom is 0.287 e. The van der Waals surface area contributed by atoms with Crippen LogP contribution < -0.4 is 10.6 Å². The highest BCUT2D eigenvalue weighted by Crippen LogP contribution is 2.12. The van der Waals surface area contributed by atoms with Gasteiger partial charge in [0.2, 0.25) is 0 Å². The molecule has 2 heterocycles. The molecule has 1 aromatic rings. The van der Waals surface area contributed by atoms with Crippen LogP contribution in [0.3, 0.4) is 0 Å². The van der Waals surface area contributed by atoms with Gasteiger partial charge in [-0.3, -0.25) is 10.1 Å². The van der Waals surface area contributed by atoms with E-state index >= 15 is 0 Å². The number of aromatic nitrogens is 1. The molecule has 0 unspecified atom stereocenters. The Balaban J connectivity index is 1.90. The van der Waals surface area contributed by atoms with E-state index in [0.717, 1.165) is 26.1 Å². The van der Waals surface area contributed by atoms with Crippen molar-refractivity contribution < 1.29 is 4.92 Å². The minimum absolute atomic E-state index is 0.0108. The molecule has 0 saturated heterocycles. The second-order valence-electron chi connectivity index (χ2n) is 3.83. The molecule has 17 heavy (non-hydrogen) atoms. The lowest BCUT2D eigenvalue weighted by Gasteiger charge is -2.14. The van der Waals surface area contributed by atoms with Gasteiger partial charge in [-0.25, -0.2) is 4.98 Å². The first-order chi connectivity index (χ1) is 8.25. The average Bonchev–Trinajstić information content (AvgIpc) is 2.38. The predicted molar refractivity (Wildman–Crippen MR) is 65.0 cm³/mol. The molecule has 6 nitrogen and oxygen atoms in total. The van der Waals surface area contributed by atoms with Gasteiger partial charge in [-0.15, -0.1) is 0 Å². The number of pyridine rings is 1. The smallest absolute Gasteiger partial charge is 0.287 e. The highest BCUT2D eigenvalue weighted by molar-refractivity contribution is 5.41. The summed E-state index contributed by atoms with van der Waals surface area (Å²) >= 11 is 0. The van der Waals surface area contributed by atoms with Crippen molar-refractivity contribution in [3.05, 3.63) is 40.1 Å². The topological polar surface area (TPSA) is 80.1 Å². The van der Waals surface area contributed by atoms with E-state index in [4.69, 9.17) is 0 Å². The van der Waals surface area contributed by atoms with Crippen LogP contribution in [-0.2, 0) is 0 Å². The van der Waals surface area contributed by atoms with Crippen molar-refractivity contribution >= 4 is 11.5 Å². The van der Waals surface area contributed by atoms with Gasteiger partial charge in [0.25, 0.3) is 5.69 Å². The van der Waals surface area contributed by atoms with Crippen molar-refractivity contribution in [1.29, 1.82) is 0 Å². The molecule has 1 aromatic heterocycles. The molecule has 2 rings (SSSR count). The number of nitro groups is 1. The Morgan fingerprint density at radius 2 is 2.41 bits per heavy atom. The Morgan fingerprint density at radius 1 is 1.53 bits per heavy atom. The Morgan fingerprint density at radius 3 is 3.00 bits per heavy atom. The van der Waals surface area contributed by atoms with Crippen LogP contribution in [0.5, 0.6) is 0 Å². The Hall–Kier alpha value is -1.95. The third kappa shape index (κ3) is 3.25. The third-order valence-electron chi connectivity index (χ3n) is 2.61. The maximum atomic E-state index is 10.4. The normalized spacial score (nSPS) is 15.2. The van der Waals surface area contributed by atoms with E-state index in [9.17, 15) is 10.1 Å². The Labute approximate surface area is 98.9 Å². The van der Waals surface area contributed by atoms with Crippen LogP contribution >= 0.6 is 0 Å². The minimum atomic E-state index is -0.452. The summed E-state index contributed by atoms with van der Waals surface area (Å²) in [4.78, 5) is 14.0. The van der Waals surface area contributed by atoms with Crippen LogP contribution in [0.1, 0.15) is 6.42 Å². The molecule has 0 amide bonds. The van der Waals surface area contributed by atoms with E-state index in [2.05, 4.69) is 21.7 Å². The number of hydrogen-bond acceptors (Lipinski definition) is 5. The number of anilines is 1. The summed E-state index contributed by atoms with van der Waals surface area (Å²) in [5.41, 5.74) is 1.35. The van der Waals surface area contributed by atoms with Crippen molar-refractivity contribution in [3.63, 3.8) is 0 Å². The second kappa shape index (κ2) is 5.40. The van der Waals surface area contributed by atoms with E-state index in [1.165, 1.54) is 17.8 Å².